The van der Waals surface area contributed by atoms with Crippen molar-refractivity contribution in [2.75, 3.05) is 60.5 Å². The van der Waals surface area contributed by atoms with Crippen LogP contribution in [0.2, 0.25) is 0 Å². The van der Waals surface area contributed by atoms with Crippen LogP contribution in [0.15, 0.2) is 29.0 Å². The minimum atomic E-state index is -2.22. The summed E-state index contributed by atoms with van der Waals surface area (Å²) in [5.41, 5.74) is 7.99. The standard InChI is InChI=1S/C59H86N6O34S4/c60-59(85)65-19-2-17-1-18(3-19)62-5-30-64-21(14-103-30)12-101-16-28-51-36(76)43(83)57(91-28)96-48-25(9-69)87-53(39(79)32(48)72)93-45-22(6-66)86-52(38(78)31(45)71)94-46-23(7-67)89-55(41(81)34(46)74)98-50-27(15-100-11-20-13-102-29(63-20)4-61-17)92-58(44(84)37(50)77)97-49-26(10-70)88-54(40(80)33(49)73)95-47-24(8-68)90-56(99-51)42(82)35(47)75/h1-3,13-14,22-28,31-58,61-62,66-84H,4-12,15-16H2,(H3,60,65,85)/t22-,23-,24-,25-,26-,27-,28-,31?,32?,33?,34?,35?,36?,37?,38?,39-,40?,41?,42?,43?,44?,45-,46-,47-,48-,49-,50-,51-,52-,53-,54-,55-,56-,57-,58-/m1/s1. The van der Waals surface area contributed by atoms with E-state index in [1.807, 2.05) is 0 Å². The summed E-state index contributed by atoms with van der Waals surface area (Å²) in [6.07, 6.45) is -69.4. The lowest BCUT2D eigenvalue weighted by atomic mass is 9.95. The van der Waals surface area contributed by atoms with Crippen molar-refractivity contribution in [2.24, 2.45) is 5.73 Å². The summed E-state index contributed by atoms with van der Waals surface area (Å²) < 4.78 is 84.3. The van der Waals surface area contributed by atoms with Gasteiger partial charge in [-0.1, -0.05) is 0 Å². The number of nitrogens with one attached hydrogen (secondary N) is 3. The second-order valence-corrected chi connectivity index (χ2v) is 29.7. The lowest BCUT2D eigenvalue weighted by molar-refractivity contribution is -0.395. The molecule has 44 heteroatoms. The van der Waals surface area contributed by atoms with Crippen LogP contribution in [0.5, 0.6) is 0 Å². The van der Waals surface area contributed by atoms with Gasteiger partial charge in [0.05, 0.1) is 69.7 Å². The molecule has 21 saturated heterocycles. The molecule has 40 nitrogen and oxygen atoms in total. The Balaban J connectivity index is 0.908. The fourth-order valence-corrected chi connectivity index (χ4v) is 17.0. The van der Waals surface area contributed by atoms with E-state index in [4.69, 9.17) is 82.0 Å². The smallest absolute Gasteiger partial charge is 0.316 e. The maximum absolute atomic E-state index is 12.1. The number of aromatic nitrogens is 2. The van der Waals surface area contributed by atoms with Crippen LogP contribution in [-0.2, 0) is 90.9 Å². The van der Waals surface area contributed by atoms with Crippen LogP contribution in [0.1, 0.15) is 21.4 Å². The van der Waals surface area contributed by atoms with Crippen LogP contribution in [0.25, 0.3) is 0 Å². The first-order valence-electron chi connectivity index (χ1n) is 32.8. The molecule has 22 bridgehead atoms. The number of thioether (sulfide) groups is 2. The minimum Gasteiger partial charge on any atom is -0.394 e. The Morgan fingerprint density at radius 2 is 0.650 bits per heavy atom. The summed E-state index contributed by atoms with van der Waals surface area (Å²) in [5.74, 6) is -0.125. The molecule has 21 fully saturated rings. The third-order valence-electron chi connectivity index (χ3n) is 18.8. The molecule has 2 amide bonds. The Hall–Kier alpha value is -3.27. The van der Waals surface area contributed by atoms with Gasteiger partial charge in [0, 0.05) is 50.8 Å². The van der Waals surface area contributed by atoms with Crippen LogP contribution in [0.3, 0.4) is 0 Å². The molecule has 27 rings (SSSR count). The van der Waals surface area contributed by atoms with E-state index in [0.29, 0.717) is 38.5 Å². The first-order chi connectivity index (χ1) is 49.4. The van der Waals surface area contributed by atoms with E-state index in [1.54, 1.807) is 29.0 Å². The highest BCUT2D eigenvalue weighted by Gasteiger charge is 2.60. The SMILES string of the molecule is NC(=O)Nc1cc2cc(c1)NCc1nc(cs1)CSC[C@H]1O[C@@H]3O[C@H]4C(O)[C@@H](O)[C@H](O[C@@H]4CO)O[C@H]4C(O)C(O)[C@H](O[C@@H]4CO)O[C@H]4C(O)C(O)[C@H](O[C@@H]4CO)O[C@H]4C(O)C(O)[C@H](O[C@@H]4CSCc4csc(n4)CN2)O[C@H]2C(O)C(O)[C@H](O[C@@H]2CO)O[C@H]2C(O)C(O)[C@H](O[C@@H]2CO)O[C@H]1C(O)C3O. The molecule has 0 spiro atoms. The molecule has 103 heavy (non-hydrogen) atoms. The van der Waals surface area contributed by atoms with E-state index in [9.17, 15) is 102 Å². The van der Waals surface area contributed by atoms with E-state index in [0.717, 1.165) is 23.5 Å². The fourth-order valence-electron chi connectivity index (χ4n) is 13.3. The lowest BCUT2D eigenvalue weighted by Gasteiger charge is -2.50. The number of aliphatic hydroxyl groups is 19. The van der Waals surface area contributed by atoms with Crippen molar-refractivity contribution in [3.8, 4) is 0 Å². The van der Waals surface area contributed by atoms with Gasteiger partial charge in [0.1, 0.15) is 169 Å². The highest BCUT2D eigenvalue weighted by Crippen LogP contribution is 2.41. The molecule has 0 radical (unpaired) electrons. The monoisotopic (exact) mass is 1550 g/mol. The third kappa shape index (κ3) is 17.4. The number of nitrogens with zero attached hydrogens (tertiary/aromatic N) is 2. The molecular weight excluding hydrogens is 1460 g/mol. The second kappa shape index (κ2) is 34.8. The Labute approximate surface area is 600 Å². The van der Waals surface area contributed by atoms with E-state index in [2.05, 4.69) is 16.0 Å². The summed E-state index contributed by atoms with van der Waals surface area (Å²) >= 11 is 4.86. The zero-order valence-electron chi connectivity index (χ0n) is 54.1. The fraction of sp³-hybridized carbons (Fsp3) is 0.780. The van der Waals surface area contributed by atoms with Crippen LogP contribution in [0.4, 0.5) is 21.9 Å². The molecule has 2 aromatic heterocycles. The van der Waals surface area contributed by atoms with E-state index in [1.165, 1.54) is 22.7 Å². The van der Waals surface area contributed by atoms with Gasteiger partial charge in [-0.05, 0) is 18.2 Å². The first-order valence-corrected chi connectivity index (χ1v) is 36.9. The number of primary amides is 1. The zero-order chi connectivity index (χ0) is 73.4. The first kappa shape index (κ1) is 79.3. The van der Waals surface area contributed by atoms with E-state index >= 15 is 0 Å². The average Bonchev–Trinajstić information content (AvgIpc) is 0.957. The van der Waals surface area contributed by atoms with Gasteiger partial charge in [-0.25, -0.2) is 14.8 Å². The quantitative estimate of drug-likeness (QED) is 0.109. The normalized spacial score (nSPS) is 45.5. The number of thiazole rings is 2. The molecule has 1 aromatic carbocycles. The van der Waals surface area contributed by atoms with Gasteiger partial charge < -0.3 is 185 Å². The van der Waals surface area contributed by atoms with Crippen molar-refractivity contribution < 1.29 is 168 Å². The summed E-state index contributed by atoms with van der Waals surface area (Å²) in [5, 5.41) is 233. The Kier molecular flexibility index (Phi) is 26.7. The van der Waals surface area contributed by atoms with Gasteiger partial charge in [0.25, 0.3) is 0 Å². The molecule has 24 aliphatic heterocycles. The lowest BCUT2D eigenvalue weighted by Crippen LogP contribution is -2.68. The average molecular weight is 1550 g/mol. The zero-order valence-corrected chi connectivity index (χ0v) is 57.4. The van der Waals surface area contributed by atoms with Gasteiger partial charge in [-0.3, -0.25) is 0 Å². The van der Waals surface area contributed by atoms with Crippen LogP contribution < -0.4 is 21.7 Å². The number of nitrogens with two attached hydrogens (primary N) is 1. The number of hydrogen-bond donors (Lipinski definition) is 23. The highest BCUT2D eigenvalue weighted by molar-refractivity contribution is 7.98. The number of rotatable bonds is 6. The summed E-state index contributed by atoms with van der Waals surface area (Å²) in [6, 6.07) is 4.21. The van der Waals surface area contributed by atoms with Gasteiger partial charge in [0.2, 0.25) is 0 Å². The Morgan fingerprint density at radius 1 is 0.388 bits per heavy atom. The number of benzene rings is 1. The van der Waals surface area contributed by atoms with Crippen molar-refractivity contribution >= 4 is 69.3 Å². The topological polar surface area (TPSA) is 619 Å². The number of carbonyl (C=O) groups excluding carboxylic acids is 1. The summed E-state index contributed by atoms with van der Waals surface area (Å²) in [6.45, 7) is -4.86. The predicted octanol–water partition coefficient (Wildman–Crippen LogP) is -9.41. The summed E-state index contributed by atoms with van der Waals surface area (Å²) in [4.78, 5) is 21.6. The molecular formula is C59H86N6O34S4. The van der Waals surface area contributed by atoms with Crippen LogP contribution in [0, 0.1) is 0 Å². The molecule has 580 valence electrons. The number of hydrogen-bond acceptors (Lipinski definition) is 42. The highest BCUT2D eigenvalue weighted by atomic mass is 32.2. The second-order valence-electron chi connectivity index (χ2n) is 25.8. The predicted molar refractivity (Wildman–Crippen MR) is 345 cm³/mol. The number of aliphatic hydroxyl groups excluding tert-OH is 19. The van der Waals surface area contributed by atoms with Gasteiger partial charge in [-0.2, -0.15) is 23.5 Å². The number of ether oxygens (including phenoxy) is 14. The van der Waals surface area contributed by atoms with Crippen molar-refractivity contribution in [3.63, 3.8) is 0 Å². The Morgan fingerprint density at radius 3 is 0.922 bits per heavy atom. The molecule has 13 unspecified atom stereocenters. The summed E-state index contributed by atoms with van der Waals surface area (Å²) in [7, 11) is 0. The number of anilines is 3. The third-order valence-corrected chi connectivity index (χ3v) is 22.7. The largest absolute Gasteiger partial charge is 0.394 e. The number of urea groups is 1. The van der Waals surface area contributed by atoms with Crippen molar-refractivity contribution in [1.82, 2.24) is 9.97 Å². The molecule has 35 atom stereocenters. The van der Waals surface area contributed by atoms with Crippen molar-refractivity contribution in [3.05, 3.63) is 50.4 Å². The van der Waals surface area contributed by atoms with Gasteiger partial charge in [-0.15, -0.1) is 22.7 Å². The maximum Gasteiger partial charge on any atom is 0.316 e. The molecule has 0 saturated carbocycles. The van der Waals surface area contributed by atoms with Gasteiger partial charge >= 0.3 is 6.03 Å². The number of carbonyl (C=O) groups is 1. The van der Waals surface area contributed by atoms with Crippen molar-refractivity contribution in [1.29, 1.82) is 0 Å². The van der Waals surface area contributed by atoms with Gasteiger partial charge in [0.15, 0.2) is 44.0 Å². The molecule has 26 heterocycles. The van der Waals surface area contributed by atoms with E-state index in [-0.39, 0.29) is 36.1 Å². The Bertz CT molecular complexity index is 3190. The molecule has 3 aromatic rings. The van der Waals surface area contributed by atoms with Crippen molar-refractivity contribution in [2.45, 2.75) is 240 Å². The maximum atomic E-state index is 12.1. The minimum absolute atomic E-state index is 0.137. The van der Waals surface area contributed by atoms with Crippen LogP contribution in [-0.4, -0.2) is 373 Å². The molecule has 24 N–H and O–H groups in total. The van der Waals surface area contributed by atoms with E-state index < -0.39 is 254 Å². The molecule has 24 aliphatic rings. The number of amides is 2. The van der Waals surface area contributed by atoms with Crippen LogP contribution >= 0.6 is 46.2 Å². The molecule has 0 aliphatic carbocycles.